The Morgan fingerprint density at radius 1 is 0.420 bits per heavy atom. The normalized spacial score (nSPS) is 11.0. The van der Waals surface area contributed by atoms with E-state index in [0.29, 0.717) is 0 Å². The third kappa shape index (κ3) is 20.2. The fourth-order valence-corrected chi connectivity index (χ4v) is 8.68. The van der Waals surface area contributed by atoms with E-state index in [4.69, 9.17) is 15.0 Å². The number of hydrogen-bond acceptors (Lipinski definition) is 2. The number of unbranched alkanes of at least 4 members (excludes halogenated alkanes) is 18. The van der Waals surface area contributed by atoms with Crippen LogP contribution in [0.4, 0.5) is 4.79 Å². The van der Waals surface area contributed by atoms with E-state index >= 15 is 0 Å². The standard InChI is InChI=1S/C45H69S.CH2O3/c1-4-7-10-13-16-19-22-25-40-28-34-43(35-29-40)46(44-36-30-41(31-37-44)26-23-20-17-14-11-8-5-2)45-38-32-42(33-39-45)27-24-21-18-15-12-9-6-3;2-1(3)4/h28-39H,4-27H2,1-3H3;(H2,2,3,4)/q+1;/p-1. The van der Waals surface area contributed by atoms with Crippen LogP contribution in [0.25, 0.3) is 0 Å². The highest BCUT2D eigenvalue weighted by atomic mass is 32.2. The van der Waals surface area contributed by atoms with Crippen LogP contribution in [0.15, 0.2) is 87.5 Å². The summed E-state index contributed by atoms with van der Waals surface area (Å²) in [4.78, 5) is 12.8. The zero-order chi connectivity index (χ0) is 36.1. The van der Waals surface area contributed by atoms with E-state index in [-0.39, 0.29) is 10.9 Å². The highest BCUT2D eigenvalue weighted by Crippen LogP contribution is 2.32. The fraction of sp³-hybridized carbons (Fsp3) is 0.587. The van der Waals surface area contributed by atoms with Crippen molar-refractivity contribution in [2.24, 2.45) is 0 Å². The van der Waals surface area contributed by atoms with Gasteiger partial charge in [0.25, 0.3) is 0 Å². The highest BCUT2D eigenvalue weighted by Gasteiger charge is 2.28. The maximum atomic E-state index is 8.44. The summed E-state index contributed by atoms with van der Waals surface area (Å²) in [5.41, 5.74) is 4.49. The third-order valence-electron chi connectivity index (χ3n) is 9.68. The Hall–Kier alpha value is -2.72. The molecule has 0 aliphatic heterocycles. The minimum absolute atomic E-state index is 0.0759. The summed E-state index contributed by atoms with van der Waals surface area (Å²) in [5, 5.41) is 15.3. The molecular formula is C46H70O3S. The molecule has 1 N–H and O–H groups in total. The van der Waals surface area contributed by atoms with Crippen molar-refractivity contribution in [2.45, 2.75) is 190 Å². The second-order valence-corrected chi connectivity index (χ2v) is 16.1. The Labute approximate surface area is 310 Å². The third-order valence-corrected chi connectivity index (χ3v) is 11.9. The maximum absolute atomic E-state index is 8.44. The lowest BCUT2D eigenvalue weighted by atomic mass is 10.0. The van der Waals surface area contributed by atoms with Crippen LogP contribution in [-0.2, 0) is 30.2 Å². The molecule has 0 radical (unpaired) electrons. The van der Waals surface area contributed by atoms with E-state index in [2.05, 4.69) is 93.6 Å². The zero-order valence-electron chi connectivity index (χ0n) is 32.1. The summed E-state index contributed by atoms with van der Waals surface area (Å²) >= 11 is 0. The monoisotopic (exact) mass is 703 g/mol. The van der Waals surface area contributed by atoms with Crippen molar-refractivity contribution in [1.29, 1.82) is 0 Å². The van der Waals surface area contributed by atoms with E-state index in [0.717, 1.165) is 0 Å². The largest absolute Gasteiger partial charge is 0.565 e. The van der Waals surface area contributed by atoms with Crippen LogP contribution in [0, 0.1) is 0 Å². The first-order valence-electron chi connectivity index (χ1n) is 20.4. The van der Waals surface area contributed by atoms with Gasteiger partial charge in [0.05, 0.1) is 10.9 Å². The number of aryl methyl sites for hydroxylation is 3. The molecule has 0 amide bonds. The number of carbonyl (C=O) groups is 1. The topological polar surface area (TPSA) is 60.4 Å². The summed E-state index contributed by atoms with van der Waals surface area (Å²) in [7, 11) is -0.0759. The van der Waals surface area contributed by atoms with E-state index < -0.39 is 6.16 Å². The van der Waals surface area contributed by atoms with E-state index in [9.17, 15) is 0 Å². The molecule has 50 heavy (non-hydrogen) atoms. The van der Waals surface area contributed by atoms with Crippen molar-refractivity contribution < 1.29 is 15.0 Å². The molecule has 0 fully saturated rings. The van der Waals surface area contributed by atoms with Gasteiger partial charge in [-0.1, -0.05) is 173 Å². The molecule has 3 aromatic carbocycles. The number of benzene rings is 3. The lowest BCUT2D eigenvalue weighted by molar-refractivity contribution is -0.275. The Morgan fingerprint density at radius 3 is 0.840 bits per heavy atom. The quantitative estimate of drug-likeness (QED) is 0.0635. The molecule has 0 unspecified atom stereocenters. The molecule has 278 valence electrons. The molecule has 0 atom stereocenters. The van der Waals surface area contributed by atoms with Gasteiger partial charge in [0.2, 0.25) is 6.16 Å². The van der Waals surface area contributed by atoms with Crippen molar-refractivity contribution in [2.75, 3.05) is 0 Å². The Kier molecular flexibility index (Phi) is 25.1. The first kappa shape index (κ1) is 43.4. The molecule has 3 nitrogen and oxygen atoms in total. The number of carboxylic acid groups (broad SMARTS) is 2. The van der Waals surface area contributed by atoms with Crippen molar-refractivity contribution in [3.63, 3.8) is 0 Å². The van der Waals surface area contributed by atoms with Gasteiger partial charge in [-0.3, -0.25) is 0 Å². The van der Waals surface area contributed by atoms with Gasteiger partial charge in [-0.15, -0.1) is 0 Å². The molecule has 0 saturated carbocycles. The number of rotatable bonds is 27. The lowest BCUT2D eigenvalue weighted by Gasteiger charge is -2.11. The van der Waals surface area contributed by atoms with Gasteiger partial charge < -0.3 is 15.0 Å². The first-order valence-corrected chi connectivity index (χ1v) is 21.6. The molecule has 0 saturated heterocycles. The summed E-state index contributed by atoms with van der Waals surface area (Å²) in [6, 6.07) is 29.1. The lowest BCUT2D eigenvalue weighted by Crippen LogP contribution is -2.17. The van der Waals surface area contributed by atoms with Crippen LogP contribution in [0.2, 0.25) is 0 Å². The minimum atomic E-state index is -2.08. The Bertz CT molecular complexity index is 1070. The highest BCUT2D eigenvalue weighted by molar-refractivity contribution is 7.97. The van der Waals surface area contributed by atoms with Gasteiger partial charge >= 0.3 is 0 Å². The Morgan fingerprint density at radius 2 is 0.620 bits per heavy atom. The van der Waals surface area contributed by atoms with E-state index in [1.165, 1.54) is 185 Å². The SMILES string of the molecule is CCCCCCCCCc1ccc([S+](c2ccc(CCCCCCCCC)cc2)c2ccc(CCCCCCCCC)cc2)cc1.O=C([O-])O. The van der Waals surface area contributed by atoms with E-state index in [1.54, 1.807) is 0 Å². The molecule has 0 aromatic heterocycles. The molecule has 0 aliphatic rings. The predicted octanol–water partition coefficient (Wildman–Crippen LogP) is 13.5. The first-order chi connectivity index (χ1) is 24.5. The molecule has 0 spiro atoms. The average molecular weight is 703 g/mol. The minimum Gasteiger partial charge on any atom is -0.565 e. The molecule has 0 aliphatic carbocycles. The summed E-state index contributed by atoms with van der Waals surface area (Å²) < 4.78 is 0. The Balaban J connectivity index is 0.00000205. The van der Waals surface area contributed by atoms with Gasteiger partial charge in [-0.2, -0.15) is 0 Å². The van der Waals surface area contributed by atoms with Gasteiger partial charge in [0.1, 0.15) is 0 Å². The smallest absolute Gasteiger partial charge is 0.249 e. The second kappa shape index (κ2) is 28.9. The molecule has 4 heteroatoms. The van der Waals surface area contributed by atoms with Crippen LogP contribution in [0.1, 0.15) is 172 Å². The van der Waals surface area contributed by atoms with Crippen molar-refractivity contribution in [3.05, 3.63) is 89.5 Å². The van der Waals surface area contributed by atoms with Crippen LogP contribution in [0.3, 0.4) is 0 Å². The predicted molar refractivity (Wildman–Crippen MR) is 215 cm³/mol. The molecule has 3 rings (SSSR count). The maximum Gasteiger partial charge on any atom is 0.249 e. The summed E-state index contributed by atoms with van der Waals surface area (Å²) in [6.07, 6.45) is 30.4. The molecular weight excluding hydrogens is 633 g/mol. The van der Waals surface area contributed by atoms with Gasteiger partial charge in [-0.25, -0.2) is 0 Å². The van der Waals surface area contributed by atoms with Gasteiger partial charge in [0, 0.05) is 0 Å². The van der Waals surface area contributed by atoms with Gasteiger partial charge in [0.15, 0.2) is 14.7 Å². The van der Waals surface area contributed by atoms with Crippen LogP contribution < -0.4 is 5.11 Å². The van der Waals surface area contributed by atoms with Crippen molar-refractivity contribution in [1.82, 2.24) is 0 Å². The van der Waals surface area contributed by atoms with E-state index in [1.807, 2.05) is 0 Å². The van der Waals surface area contributed by atoms with Crippen molar-refractivity contribution >= 4 is 17.1 Å². The number of hydrogen-bond donors (Lipinski definition) is 1. The second-order valence-electron chi connectivity index (χ2n) is 14.1. The van der Waals surface area contributed by atoms with Gasteiger partial charge in [-0.05, 0) is 91.6 Å². The summed E-state index contributed by atoms with van der Waals surface area (Å²) in [5.74, 6) is 0. The average Bonchev–Trinajstić information content (AvgIpc) is 3.12. The van der Waals surface area contributed by atoms with Crippen LogP contribution >= 0.6 is 0 Å². The fourth-order valence-electron chi connectivity index (χ4n) is 6.64. The van der Waals surface area contributed by atoms with Crippen LogP contribution in [-0.4, -0.2) is 11.3 Å². The van der Waals surface area contributed by atoms with Crippen LogP contribution in [0.5, 0.6) is 0 Å². The summed E-state index contributed by atoms with van der Waals surface area (Å²) in [6.45, 7) is 6.90. The molecule has 0 bridgehead atoms. The van der Waals surface area contributed by atoms with Crippen molar-refractivity contribution in [3.8, 4) is 0 Å². The molecule has 3 aromatic rings. The molecule has 0 heterocycles. The zero-order valence-corrected chi connectivity index (χ0v) is 32.9.